The molecule has 0 radical (unpaired) electrons. The first-order chi connectivity index (χ1) is 7.99. The van der Waals surface area contributed by atoms with E-state index in [9.17, 15) is 8.78 Å². The minimum Gasteiger partial charge on any atom is -0.398 e. The third-order valence-corrected chi connectivity index (χ3v) is 2.79. The summed E-state index contributed by atoms with van der Waals surface area (Å²) in [5, 5.41) is 0.458. The first-order valence-corrected chi connectivity index (χ1v) is 5.38. The molecule has 0 spiro atoms. The molecule has 0 aliphatic carbocycles. The van der Waals surface area contributed by atoms with Gasteiger partial charge in [0.15, 0.2) is 0 Å². The van der Waals surface area contributed by atoms with Gasteiger partial charge in [0.1, 0.15) is 11.6 Å². The summed E-state index contributed by atoms with van der Waals surface area (Å²) in [6.45, 7) is 1.51. The van der Waals surface area contributed by atoms with E-state index in [0.29, 0.717) is 16.3 Å². The smallest absolute Gasteiger partial charge is 0.131 e. The normalized spacial score (nSPS) is 10.6. The van der Waals surface area contributed by atoms with Crippen molar-refractivity contribution in [2.45, 2.75) is 6.92 Å². The molecule has 0 fully saturated rings. The van der Waals surface area contributed by atoms with Crippen molar-refractivity contribution in [1.29, 1.82) is 0 Å². The Morgan fingerprint density at radius 3 is 2.35 bits per heavy atom. The van der Waals surface area contributed by atoms with Crippen LogP contribution in [0.4, 0.5) is 14.5 Å². The fraction of sp³-hybridized carbons (Fsp3) is 0.0769. The average molecular weight is 254 g/mol. The number of nitrogens with two attached hydrogens (primary N) is 1. The highest BCUT2D eigenvalue weighted by Crippen LogP contribution is 2.31. The van der Waals surface area contributed by atoms with Crippen molar-refractivity contribution in [3.05, 3.63) is 52.6 Å². The summed E-state index contributed by atoms with van der Waals surface area (Å²) in [5.74, 6) is -0.964. The highest BCUT2D eigenvalue weighted by atomic mass is 35.5. The van der Waals surface area contributed by atoms with Crippen LogP contribution in [0.2, 0.25) is 5.02 Å². The molecule has 2 N–H and O–H groups in total. The second-order valence-corrected chi connectivity index (χ2v) is 4.25. The lowest BCUT2D eigenvalue weighted by Gasteiger charge is -2.09. The van der Waals surface area contributed by atoms with Gasteiger partial charge >= 0.3 is 0 Å². The van der Waals surface area contributed by atoms with E-state index in [1.165, 1.54) is 13.0 Å². The van der Waals surface area contributed by atoms with Gasteiger partial charge in [0.2, 0.25) is 0 Å². The monoisotopic (exact) mass is 253 g/mol. The van der Waals surface area contributed by atoms with Crippen LogP contribution in [-0.2, 0) is 0 Å². The number of benzene rings is 2. The SMILES string of the molecule is Cc1cc(F)c(-c2ccc(Cl)cc2N)cc1F. The minimum atomic E-state index is -0.502. The Bertz CT molecular complexity index is 582. The molecule has 2 aromatic rings. The van der Waals surface area contributed by atoms with Crippen LogP contribution in [0.15, 0.2) is 30.3 Å². The molecule has 0 aliphatic rings. The third kappa shape index (κ3) is 2.24. The topological polar surface area (TPSA) is 26.0 Å². The fourth-order valence-corrected chi connectivity index (χ4v) is 1.81. The molecule has 0 atom stereocenters. The van der Waals surface area contributed by atoms with Gasteiger partial charge in [0.25, 0.3) is 0 Å². The van der Waals surface area contributed by atoms with Gasteiger partial charge < -0.3 is 5.73 Å². The second kappa shape index (κ2) is 4.34. The largest absolute Gasteiger partial charge is 0.398 e. The van der Waals surface area contributed by atoms with E-state index < -0.39 is 11.6 Å². The number of halogens is 3. The standard InChI is InChI=1S/C13H10ClF2N/c1-7-4-12(16)10(6-11(7)15)9-3-2-8(14)5-13(9)17/h2-6H,17H2,1H3. The Morgan fingerprint density at radius 1 is 1.00 bits per heavy atom. The summed E-state index contributed by atoms with van der Waals surface area (Å²) in [7, 11) is 0. The van der Waals surface area contributed by atoms with Gasteiger partial charge in [-0.15, -0.1) is 0 Å². The van der Waals surface area contributed by atoms with Crippen molar-refractivity contribution in [1.82, 2.24) is 0 Å². The molecule has 0 amide bonds. The molecule has 0 saturated heterocycles. The molecule has 0 aromatic heterocycles. The molecule has 0 saturated carbocycles. The molecular formula is C13H10ClF2N. The predicted molar refractivity (Wildman–Crippen MR) is 66.0 cm³/mol. The minimum absolute atomic E-state index is 0.141. The molecule has 4 heteroatoms. The van der Waals surface area contributed by atoms with Crippen molar-refractivity contribution in [3.8, 4) is 11.1 Å². The van der Waals surface area contributed by atoms with Crippen molar-refractivity contribution < 1.29 is 8.78 Å². The molecule has 1 nitrogen and oxygen atoms in total. The highest BCUT2D eigenvalue weighted by molar-refractivity contribution is 6.31. The molecule has 0 bridgehead atoms. The van der Waals surface area contributed by atoms with Gasteiger partial charge in [0.05, 0.1) is 0 Å². The van der Waals surface area contributed by atoms with Crippen molar-refractivity contribution in [2.24, 2.45) is 0 Å². The maximum Gasteiger partial charge on any atom is 0.131 e. The van der Waals surface area contributed by atoms with Gasteiger partial charge in [-0.2, -0.15) is 0 Å². The number of hydrogen-bond acceptors (Lipinski definition) is 1. The zero-order valence-electron chi connectivity index (χ0n) is 9.10. The molecule has 17 heavy (non-hydrogen) atoms. The molecule has 0 heterocycles. The summed E-state index contributed by atoms with van der Waals surface area (Å²) in [6, 6.07) is 6.96. The summed E-state index contributed by atoms with van der Waals surface area (Å²) in [5.41, 5.74) is 6.90. The Labute approximate surface area is 103 Å². The number of nitrogen functional groups attached to an aromatic ring is 1. The van der Waals surface area contributed by atoms with Gasteiger partial charge in [-0.25, -0.2) is 8.78 Å². The van der Waals surface area contributed by atoms with Crippen LogP contribution < -0.4 is 5.73 Å². The molecule has 2 aromatic carbocycles. The van der Waals surface area contributed by atoms with Crippen LogP contribution in [0, 0.1) is 18.6 Å². The van der Waals surface area contributed by atoms with Crippen molar-refractivity contribution in [2.75, 3.05) is 5.73 Å². The lowest BCUT2D eigenvalue weighted by molar-refractivity contribution is 0.595. The number of rotatable bonds is 1. The molecule has 88 valence electrons. The first-order valence-electron chi connectivity index (χ1n) is 5.00. The van der Waals surface area contributed by atoms with Gasteiger partial charge in [-0.1, -0.05) is 17.7 Å². The number of aryl methyl sites for hydroxylation is 1. The van der Waals surface area contributed by atoms with E-state index in [1.807, 2.05) is 0 Å². The van der Waals surface area contributed by atoms with E-state index in [4.69, 9.17) is 17.3 Å². The molecule has 0 unspecified atom stereocenters. The number of hydrogen-bond donors (Lipinski definition) is 1. The van der Waals surface area contributed by atoms with E-state index in [0.717, 1.165) is 12.1 Å². The molecular weight excluding hydrogens is 244 g/mol. The zero-order chi connectivity index (χ0) is 12.6. The summed E-state index contributed by atoms with van der Waals surface area (Å²) in [4.78, 5) is 0. The van der Waals surface area contributed by atoms with E-state index >= 15 is 0 Å². The van der Waals surface area contributed by atoms with Gasteiger partial charge in [0, 0.05) is 21.8 Å². The quantitative estimate of drug-likeness (QED) is 0.758. The van der Waals surface area contributed by atoms with Gasteiger partial charge in [-0.05, 0) is 36.8 Å². The van der Waals surface area contributed by atoms with Crippen LogP contribution >= 0.6 is 11.6 Å². The second-order valence-electron chi connectivity index (χ2n) is 3.81. The Morgan fingerprint density at radius 2 is 1.71 bits per heavy atom. The predicted octanol–water partition coefficient (Wildman–Crippen LogP) is 4.18. The van der Waals surface area contributed by atoms with Crippen LogP contribution in [-0.4, -0.2) is 0 Å². The molecule has 0 aliphatic heterocycles. The maximum absolute atomic E-state index is 13.7. The molecule has 2 rings (SSSR count). The average Bonchev–Trinajstić information content (AvgIpc) is 2.24. The van der Waals surface area contributed by atoms with Crippen molar-refractivity contribution in [3.63, 3.8) is 0 Å². The van der Waals surface area contributed by atoms with E-state index in [-0.39, 0.29) is 11.1 Å². The van der Waals surface area contributed by atoms with E-state index in [1.54, 1.807) is 12.1 Å². The van der Waals surface area contributed by atoms with Crippen LogP contribution in [0.3, 0.4) is 0 Å². The lowest BCUT2D eigenvalue weighted by atomic mass is 10.0. The zero-order valence-corrected chi connectivity index (χ0v) is 9.85. The van der Waals surface area contributed by atoms with Crippen LogP contribution in [0.25, 0.3) is 11.1 Å². The summed E-state index contributed by atoms with van der Waals surface area (Å²) >= 11 is 5.75. The number of anilines is 1. The van der Waals surface area contributed by atoms with E-state index in [2.05, 4.69) is 0 Å². The Balaban J connectivity index is 2.64. The Kier molecular flexibility index (Phi) is 3.03. The first kappa shape index (κ1) is 11.9. The van der Waals surface area contributed by atoms with Gasteiger partial charge in [-0.3, -0.25) is 0 Å². The van der Waals surface area contributed by atoms with Crippen molar-refractivity contribution >= 4 is 17.3 Å². The third-order valence-electron chi connectivity index (χ3n) is 2.55. The van der Waals surface area contributed by atoms with Crippen LogP contribution in [0.1, 0.15) is 5.56 Å². The lowest BCUT2D eigenvalue weighted by Crippen LogP contribution is -1.95. The fourth-order valence-electron chi connectivity index (χ4n) is 1.63. The Hall–Kier alpha value is -1.61. The van der Waals surface area contributed by atoms with Crippen LogP contribution in [0.5, 0.6) is 0 Å². The maximum atomic E-state index is 13.7. The summed E-state index contributed by atoms with van der Waals surface area (Å²) < 4.78 is 27.2. The summed E-state index contributed by atoms with van der Waals surface area (Å²) in [6.07, 6.45) is 0. The highest BCUT2D eigenvalue weighted by Gasteiger charge is 2.11.